The van der Waals surface area contributed by atoms with Crippen LogP contribution in [0, 0.1) is 0 Å². The first-order valence-corrected chi connectivity index (χ1v) is 7.90. The van der Waals surface area contributed by atoms with E-state index >= 15 is 0 Å². The lowest BCUT2D eigenvalue weighted by atomic mass is 10.2. The van der Waals surface area contributed by atoms with Gasteiger partial charge in [0.05, 0.1) is 13.7 Å². The predicted molar refractivity (Wildman–Crippen MR) is 84.9 cm³/mol. The summed E-state index contributed by atoms with van der Waals surface area (Å²) in [5.41, 5.74) is 0.937. The Morgan fingerprint density at radius 1 is 1.27 bits per heavy atom. The van der Waals surface area contributed by atoms with Crippen molar-refractivity contribution < 1.29 is 14.3 Å². The van der Waals surface area contributed by atoms with Crippen LogP contribution in [0.2, 0.25) is 0 Å². The van der Waals surface area contributed by atoms with Gasteiger partial charge in [0.2, 0.25) is 0 Å². The molecule has 1 heterocycles. The molecule has 5 nitrogen and oxygen atoms in total. The number of thiazole rings is 1. The first-order valence-electron chi connectivity index (χ1n) is 7.02. The highest BCUT2D eigenvalue weighted by molar-refractivity contribution is 7.09. The minimum absolute atomic E-state index is 0.0303. The molecule has 22 heavy (non-hydrogen) atoms. The standard InChI is InChI=1S/C16H18N2O3S/c1-3-9-18(15(19)12-7-5-4-6-8-12)10-14-17-13(11-22-14)16(20)21-2/h4-8,11H,3,9-10H2,1-2H3. The van der Waals surface area contributed by atoms with Crippen molar-refractivity contribution in [2.75, 3.05) is 13.7 Å². The molecule has 2 aromatic rings. The summed E-state index contributed by atoms with van der Waals surface area (Å²) in [6.45, 7) is 3.05. The summed E-state index contributed by atoms with van der Waals surface area (Å²) in [5.74, 6) is -0.490. The summed E-state index contributed by atoms with van der Waals surface area (Å²) in [7, 11) is 1.32. The molecule has 0 aliphatic carbocycles. The van der Waals surface area contributed by atoms with Crippen molar-refractivity contribution in [2.24, 2.45) is 0 Å². The van der Waals surface area contributed by atoms with Crippen LogP contribution in [0.3, 0.4) is 0 Å². The highest BCUT2D eigenvalue weighted by Crippen LogP contribution is 2.15. The average Bonchev–Trinajstić information content (AvgIpc) is 3.02. The number of hydrogen-bond donors (Lipinski definition) is 0. The molecule has 1 amide bonds. The Morgan fingerprint density at radius 3 is 2.64 bits per heavy atom. The van der Waals surface area contributed by atoms with Gasteiger partial charge in [0.15, 0.2) is 5.69 Å². The van der Waals surface area contributed by atoms with E-state index in [0.717, 1.165) is 11.4 Å². The van der Waals surface area contributed by atoms with Crippen molar-refractivity contribution in [3.63, 3.8) is 0 Å². The lowest BCUT2D eigenvalue weighted by Gasteiger charge is -2.21. The zero-order chi connectivity index (χ0) is 15.9. The van der Waals surface area contributed by atoms with E-state index in [4.69, 9.17) is 0 Å². The zero-order valence-electron chi connectivity index (χ0n) is 12.6. The van der Waals surface area contributed by atoms with Gasteiger partial charge in [0.25, 0.3) is 5.91 Å². The number of hydrogen-bond acceptors (Lipinski definition) is 5. The molecule has 0 aliphatic rings. The van der Waals surface area contributed by atoms with E-state index in [2.05, 4.69) is 9.72 Å². The number of methoxy groups -OCH3 is 1. The van der Waals surface area contributed by atoms with Crippen molar-refractivity contribution in [3.05, 3.63) is 52.0 Å². The molecule has 0 bridgehead atoms. The van der Waals surface area contributed by atoms with E-state index in [-0.39, 0.29) is 11.6 Å². The number of carbonyl (C=O) groups is 2. The minimum atomic E-state index is -0.459. The van der Waals surface area contributed by atoms with E-state index in [1.807, 2.05) is 25.1 Å². The third-order valence-corrected chi connectivity index (χ3v) is 3.91. The maximum Gasteiger partial charge on any atom is 0.357 e. The fraction of sp³-hybridized carbons (Fsp3) is 0.312. The van der Waals surface area contributed by atoms with E-state index in [1.165, 1.54) is 18.4 Å². The summed E-state index contributed by atoms with van der Waals surface area (Å²) in [6, 6.07) is 9.16. The molecule has 0 spiro atoms. The maximum absolute atomic E-state index is 12.5. The summed E-state index contributed by atoms with van der Waals surface area (Å²) >= 11 is 1.35. The first-order chi connectivity index (χ1) is 10.7. The molecule has 2 rings (SSSR count). The summed E-state index contributed by atoms with van der Waals surface area (Å²) < 4.78 is 4.64. The maximum atomic E-state index is 12.5. The van der Waals surface area contributed by atoms with Crippen LogP contribution in [-0.4, -0.2) is 35.4 Å². The van der Waals surface area contributed by atoms with Gasteiger partial charge in [-0.25, -0.2) is 9.78 Å². The topological polar surface area (TPSA) is 59.5 Å². The van der Waals surface area contributed by atoms with Crippen LogP contribution in [0.1, 0.15) is 39.2 Å². The fourth-order valence-corrected chi connectivity index (χ4v) is 2.81. The number of aromatic nitrogens is 1. The van der Waals surface area contributed by atoms with Gasteiger partial charge >= 0.3 is 5.97 Å². The summed E-state index contributed by atoms with van der Waals surface area (Å²) in [6.07, 6.45) is 0.855. The smallest absolute Gasteiger partial charge is 0.357 e. The van der Waals surface area contributed by atoms with Crippen LogP contribution in [0.15, 0.2) is 35.7 Å². The van der Waals surface area contributed by atoms with Crippen molar-refractivity contribution in [3.8, 4) is 0 Å². The Labute approximate surface area is 133 Å². The van der Waals surface area contributed by atoms with Crippen molar-refractivity contribution >= 4 is 23.2 Å². The molecule has 0 atom stereocenters. The lowest BCUT2D eigenvalue weighted by Crippen LogP contribution is -2.31. The molecule has 0 aliphatic heterocycles. The predicted octanol–water partition coefficient (Wildman–Crippen LogP) is 2.98. The molecular formula is C16H18N2O3S. The van der Waals surface area contributed by atoms with Crippen LogP contribution in [0.4, 0.5) is 0 Å². The molecule has 0 N–H and O–H groups in total. The number of amides is 1. The van der Waals surface area contributed by atoms with Gasteiger partial charge in [-0.3, -0.25) is 4.79 Å². The van der Waals surface area contributed by atoms with Crippen LogP contribution >= 0.6 is 11.3 Å². The van der Waals surface area contributed by atoms with Gasteiger partial charge in [0.1, 0.15) is 5.01 Å². The number of ether oxygens (including phenoxy) is 1. The Morgan fingerprint density at radius 2 is 2.00 bits per heavy atom. The highest BCUT2D eigenvalue weighted by Gasteiger charge is 2.18. The largest absolute Gasteiger partial charge is 0.464 e. The normalized spacial score (nSPS) is 10.3. The number of benzene rings is 1. The third kappa shape index (κ3) is 3.92. The van der Waals surface area contributed by atoms with Crippen LogP contribution in [-0.2, 0) is 11.3 Å². The Balaban J connectivity index is 2.13. The lowest BCUT2D eigenvalue weighted by molar-refractivity contribution is 0.0594. The quantitative estimate of drug-likeness (QED) is 0.768. The SMILES string of the molecule is CCCN(Cc1nc(C(=O)OC)cs1)C(=O)c1ccccc1. The van der Waals surface area contributed by atoms with Gasteiger partial charge in [-0.1, -0.05) is 25.1 Å². The first kappa shape index (κ1) is 16.2. The molecule has 0 radical (unpaired) electrons. The monoisotopic (exact) mass is 318 g/mol. The van der Waals surface area contributed by atoms with Crippen molar-refractivity contribution in [2.45, 2.75) is 19.9 Å². The number of nitrogens with zero attached hydrogens (tertiary/aromatic N) is 2. The third-order valence-electron chi connectivity index (χ3n) is 3.07. The Hall–Kier alpha value is -2.21. The van der Waals surface area contributed by atoms with Crippen LogP contribution < -0.4 is 0 Å². The molecule has 0 fully saturated rings. The molecule has 0 unspecified atom stereocenters. The van der Waals surface area contributed by atoms with Gasteiger partial charge in [0, 0.05) is 17.5 Å². The van der Waals surface area contributed by atoms with E-state index in [0.29, 0.717) is 18.7 Å². The fourth-order valence-electron chi connectivity index (χ4n) is 2.03. The van der Waals surface area contributed by atoms with E-state index in [9.17, 15) is 9.59 Å². The average molecular weight is 318 g/mol. The number of esters is 1. The second-order valence-corrected chi connectivity index (χ2v) is 5.65. The second kappa shape index (κ2) is 7.70. The zero-order valence-corrected chi connectivity index (χ0v) is 13.4. The van der Waals surface area contributed by atoms with Gasteiger partial charge < -0.3 is 9.64 Å². The summed E-state index contributed by atoms with van der Waals surface area (Å²) in [4.78, 5) is 30.0. The van der Waals surface area contributed by atoms with E-state index < -0.39 is 5.97 Å². The van der Waals surface area contributed by atoms with Crippen LogP contribution in [0.25, 0.3) is 0 Å². The van der Waals surface area contributed by atoms with Crippen molar-refractivity contribution in [1.82, 2.24) is 9.88 Å². The minimum Gasteiger partial charge on any atom is -0.464 e. The Kier molecular flexibility index (Phi) is 5.66. The number of carbonyl (C=O) groups excluding carboxylic acids is 2. The van der Waals surface area contributed by atoms with Crippen LogP contribution in [0.5, 0.6) is 0 Å². The summed E-state index contributed by atoms with van der Waals surface area (Å²) in [5, 5.41) is 2.37. The molecule has 1 aromatic carbocycles. The molecule has 0 saturated heterocycles. The number of rotatable bonds is 6. The van der Waals surface area contributed by atoms with Crippen molar-refractivity contribution in [1.29, 1.82) is 0 Å². The van der Waals surface area contributed by atoms with Gasteiger partial charge in [-0.05, 0) is 18.6 Å². The van der Waals surface area contributed by atoms with E-state index in [1.54, 1.807) is 22.4 Å². The molecule has 6 heteroatoms. The van der Waals surface area contributed by atoms with Gasteiger partial charge in [-0.15, -0.1) is 11.3 Å². The van der Waals surface area contributed by atoms with Gasteiger partial charge in [-0.2, -0.15) is 0 Å². The molecule has 0 saturated carbocycles. The molecule has 116 valence electrons. The highest BCUT2D eigenvalue weighted by atomic mass is 32.1. The molecule has 1 aromatic heterocycles. The molecular weight excluding hydrogens is 300 g/mol. The Bertz CT molecular complexity index is 640. The second-order valence-electron chi connectivity index (χ2n) is 4.71.